The van der Waals surface area contributed by atoms with E-state index in [0.717, 1.165) is 4.90 Å². The van der Waals surface area contributed by atoms with Crippen molar-refractivity contribution in [2.45, 2.75) is 11.5 Å². The second-order valence-electron chi connectivity index (χ2n) is 4.09. The van der Waals surface area contributed by atoms with Crippen molar-refractivity contribution < 1.29 is 18.3 Å². The van der Waals surface area contributed by atoms with Gasteiger partial charge in [0.2, 0.25) is 0 Å². The minimum Gasteiger partial charge on any atom is -0.435 e. The summed E-state index contributed by atoms with van der Waals surface area (Å²) in [4.78, 5) is 13.1. The van der Waals surface area contributed by atoms with Crippen LogP contribution in [0.1, 0.15) is 10.4 Å². The monoisotopic (exact) mass is 309 g/mol. The van der Waals surface area contributed by atoms with Gasteiger partial charge < -0.3 is 10.1 Å². The van der Waals surface area contributed by atoms with Gasteiger partial charge in [0.25, 0.3) is 5.91 Å². The lowest BCUT2D eigenvalue weighted by Gasteiger charge is -2.08. The van der Waals surface area contributed by atoms with Gasteiger partial charge in [-0.3, -0.25) is 4.79 Å². The molecule has 0 fully saturated rings. The second-order valence-corrected chi connectivity index (χ2v) is 4.97. The van der Waals surface area contributed by atoms with Crippen LogP contribution < -0.4 is 10.1 Å². The van der Waals surface area contributed by atoms with Crippen LogP contribution in [0.4, 0.5) is 14.5 Å². The Balaban J connectivity index is 2.12. The third-order valence-electron chi connectivity index (χ3n) is 2.65. The zero-order chi connectivity index (χ0) is 15.2. The Kier molecular flexibility index (Phi) is 5.16. The lowest BCUT2D eigenvalue weighted by atomic mass is 10.2. The Labute approximate surface area is 125 Å². The Bertz CT molecular complexity index is 635. The van der Waals surface area contributed by atoms with Gasteiger partial charge in [0.05, 0.1) is 0 Å². The van der Waals surface area contributed by atoms with Gasteiger partial charge in [0, 0.05) is 16.1 Å². The van der Waals surface area contributed by atoms with Crippen LogP contribution in [0.25, 0.3) is 0 Å². The third-order valence-corrected chi connectivity index (χ3v) is 3.37. The van der Waals surface area contributed by atoms with Gasteiger partial charge in [-0.25, -0.2) is 0 Å². The number of carbonyl (C=O) groups is 1. The number of carbonyl (C=O) groups excluding carboxylic acids is 1. The van der Waals surface area contributed by atoms with Crippen molar-refractivity contribution in [3.63, 3.8) is 0 Å². The van der Waals surface area contributed by atoms with E-state index in [1.54, 1.807) is 17.8 Å². The van der Waals surface area contributed by atoms with E-state index in [1.807, 2.05) is 24.5 Å². The topological polar surface area (TPSA) is 38.3 Å². The number of thioether (sulfide) groups is 1. The minimum absolute atomic E-state index is 0.0458. The Morgan fingerprint density at radius 3 is 2.67 bits per heavy atom. The summed E-state index contributed by atoms with van der Waals surface area (Å²) in [6, 6.07) is 13.0. The molecule has 6 heteroatoms. The number of hydrogen-bond acceptors (Lipinski definition) is 3. The van der Waals surface area contributed by atoms with E-state index in [-0.39, 0.29) is 17.2 Å². The van der Waals surface area contributed by atoms with Gasteiger partial charge in [0.15, 0.2) is 0 Å². The number of nitrogens with one attached hydrogen (secondary N) is 1. The standard InChI is InChI=1S/C15H13F2NO2S/c1-21-13-7-3-5-11(9-13)18-14(19)10-4-2-6-12(8-10)20-15(16)17/h2-9,15H,1H3,(H,18,19). The molecule has 0 radical (unpaired) electrons. The lowest BCUT2D eigenvalue weighted by molar-refractivity contribution is -0.0498. The second kappa shape index (κ2) is 7.08. The first-order valence-electron chi connectivity index (χ1n) is 6.09. The molecule has 0 saturated carbocycles. The first kappa shape index (κ1) is 15.3. The van der Waals surface area contributed by atoms with Crippen LogP contribution in [0, 0.1) is 0 Å². The minimum atomic E-state index is -2.92. The molecule has 0 atom stereocenters. The largest absolute Gasteiger partial charge is 0.435 e. The molecule has 0 aromatic heterocycles. The van der Waals surface area contributed by atoms with Crippen molar-refractivity contribution in [1.82, 2.24) is 0 Å². The Hall–Kier alpha value is -2.08. The van der Waals surface area contributed by atoms with Crippen molar-refractivity contribution in [1.29, 1.82) is 0 Å². The van der Waals surface area contributed by atoms with Crippen molar-refractivity contribution in [3.05, 3.63) is 54.1 Å². The van der Waals surface area contributed by atoms with Gasteiger partial charge in [-0.1, -0.05) is 12.1 Å². The molecule has 0 bridgehead atoms. The van der Waals surface area contributed by atoms with Gasteiger partial charge in [-0.15, -0.1) is 11.8 Å². The first-order valence-corrected chi connectivity index (χ1v) is 7.31. The Morgan fingerprint density at radius 2 is 1.95 bits per heavy atom. The maximum absolute atomic E-state index is 12.2. The highest BCUT2D eigenvalue weighted by Crippen LogP contribution is 2.21. The van der Waals surface area contributed by atoms with Gasteiger partial charge >= 0.3 is 6.61 Å². The number of anilines is 1. The number of benzene rings is 2. The fourth-order valence-corrected chi connectivity index (χ4v) is 2.18. The maximum Gasteiger partial charge on any atom is 0.387 e. The summed E-state index contributed by atoms with van der Waals surface area (Å²) in [6.07, 6.45) is 1.94. The van der Waals surface area contributed by atoms with E-state index in [9.17, 15) is 13.6 Å². The molecule has 2 rings (SSSR count). The normalized spacial score (nSPS) is 10.5. The summed E-state index contributed by atoms with van der Waals surface area (Å²) < 4.78 is 28.6. The van der Waals surface area contributed by atoms with Crippen LogP contribution in [0.15, 0.2) is 53.4 Å². The molecule has 0 aliphatic heterocycles. The van der Waals surface area contributed by atoms with E-state index in [0.29, 0.717) is 5.69 Å². The molecule has 0 aliphatic carbocycles. The predicted octanol–water partition coefficient (Wildman–Crippen LogP) is 4.26. The molecule has 1 N–H and O–H groups in total. The number of rotatable bonds is 5. The highest BCUT2D eigenvalue weighted by atomic mass is 32.2. The van der Waals surface area contributed by atoms with Crippen LogP contribution in [0.5, 0.6) is 5.75 Å². The summed E-state index contributed by atoms with van der Waals surface area (Å²) in [5.74, 6) is -0.427. The number of amides is 1. The molecular formula is C15H13F2NO2S. The lowest BCUT2D eigenvalue weighted by Crippen LogP contribution is -2.12. The molecule has 0 spiro atoms. The summed E-state index contributed by atoms with van der Waals surface area (Å²) >= 11 is 1.56. The number of alkyl halides is 2. The summed E-state index contributed by atoms with van der Waals surface area (Å²) in [6.45, 7) is -2.92. The van der Waals surface area contributed by atoms with Crippen LogP contribution in [-0.2, 0) is 0 Å². The van der Waals surface area contributed by atoms with E-state index in [4.69, 9.17) is 0 Å². The molecular weight excluding hydrogens is 296 g/mol. The van der Waals surface area contributed by atoms with Crippen molar-refractivity contribution in [2.24, 2.45) is 0 Å². The van der Waals surface area contributed by atoms with Crippen molar-refractivity contribution in [2.75, 3.05) is 11.6 Å². The molecule has 21 heavy (non-hydrogen) atoms. The number of halogens is 2. The average molecular weight is 309 g/mol. The quantitative estimate of drug-likeness (QED) is 0.839. The van der Waals surface area contributed by atoms with Crippen molar-refractivity contribution >= 4 is 23.4 Å². The number of hydrogen-bond donors (Lipinski definition) is 1. The maximum atomic E-state index is 12.2. The summed E-state index contributed by atoms with van der Waals surface area (Å²) in [5, 5.41) is 2.72. The highest BCUT2D eigenvalue weighted by Gasteiger charge is 2.10. The molecule has 0 saturated heterocycles. The molecule has 2 aromatic rings. The predicted molar refractivity (Wildman–Crippen MR) is 79.3 cm³/mol. The van der Waals surface area contributed by atoms with Crippen LogP contribution >= 0.6 is 11.8 Å². The molecule has 0 unspecified atom stereocenters. The fourth-order valence-electron chi connectivity index (χ4n) is 1.72. The fraction of sp³-hybridized carbons (Fsp3) is 0.133. The van der Waals surface area contributed by atoms with E-state index in [1.165, 1.54) is 24.3 Å². The van der Waals surface area contributed by atoms with E-state index >= 15 is 0 Å². The van der Waals surface area contributed by atoms with Crippen LogP contribution in [0.3, 0.4) is 0 Å². The molecule has 0 aliphatic rings. The molecule has 110 valence electrons. The highest BCUT2D eigenvalue weighted by molar-refractivity contribution is 7.98. The number of ether oxygens (including phenoxy) is 1. The third kappa shape index (κ3) is 4.46. The van der Waals surface area contributed by atoms with Crippen LogP contribution in [-0.4, -0.2) is 18.8 Å². The summed E-state index contributed by atoms with van der Waals surface area (Å²) in [5.41, 5.74) is 0.898. The van der Waals surface area contributed by atoms with Gasteiger partial charge in [0.1, 0.15) is 5.75 Å². The van der Waals surface area contributed by atoms with Gasteiger partial charge in [-0.2, -0.15) is 8.78 Å². The zero-order valence-electron chi connectivity index (χ0n) is 11.2. The zero-order valence-corrected chi connectivity index (χ0v) is 12.0. The van der Waals surface area contributed by atoms with E-state index in [2.05, 4.69) is 10.1 Å². The average Bonchev–Trinajstić information content (AvgIpc) is 2.47. The van der Waals surface area contributed by atoms with Gasteiger partial charge in [-0.05, 0) is 42.7 Å². The molecule has 0 heterocycles. The van der Waals surface area contributed by atoms with E-state index < -0.39 is 6.61 Å². The molecule has 3 nitrogen and oxygen atoms in total. The SMILES string of the molecule is CSc1cccc(NC(=O)c2cccc(OC(F)F)c2)c1. The summed E-state index contributed by atoms with van der Waals surface area (Å²) in [7, 11) is 0. The first-order chi connectivity index (χ1) is 10.1. The van der Waals surface area contributed by atoms with Crippen LogP contribution in [0.2, 0.25) is 0 Å². The smallest absolute Gasteiger partial charge is 0.387 e. The Morgan fingerprint density at radius 1 is 1.19 bits per heavy atom. The molecule has 1 amide bonds. The molecule has 2 aromatic carbocycles. The van der Waals surface area contributed by atoms with Crippen molar-refractivity contribution in [3.8, 4) is 5.75 Å².